The van der Waals surface area contributed by atoms with E-state index in [-0.39, 0.29) is 11.4 Å². The molecular weight excluding hydrogens is 202 g/mol. The minimum atomic E-state index is -0.858. The number of nitrogens with two attached hydrogens (primary N) is 1. The van der Waals surface area contributed by atoms with E-state index in [1.165, 1.54) is 25.3 Å². The van der Waals surface area contributed by atoms with E-state index in [1.54, 1.807) is 0 Å². The van der Waals surface area contributed by atoms with Gasteiger partial charge in [-0.3, -0.25) is 10.1 Å². The molecule has 0 bridgehead atoms. The lowest BCUT2D eigenvalue weighted by molar-refractivity contribution is -0.384. The summed E-state index contributed by atoms with van der Waals surface area (Å²) < 4.78 is 4.82. The lowest BCUT2D eigenvalue weighted by atomic mass is 10.2. The molecule has 0 saturated heterocycles. The number of amides is 2. The van der Waals surface area contributed by atoms with Crippen LogP contribution in [0.15, 0.2) is 18.2 Å². The fourth-order valence-electron chi connectivity index (χ4n) is 1.03. The highest BCUT2D eigenvalue weighted by molar-refractivity contribution is 5.90. The summed E-state index contributed by atoms with van der Waals surface area (Å²) in [6.07, 6.45) is 0. The van der Waals surface area contributed by atoms with E-state index in [2.05, 4.69) is 5.32 Å². The Morgan fingerprint density at radius 2 is 2.27 bits per heavy atom. The van der Waals surface area contributed by atoms with Gasteiger partial charge in [0.25, 0.3) is 5.69 Å². The van der Waals surface area contributed by atoms with Crippen LogP contribution in [0.25, 0.3) is 0 Å². The van der Waals surface area contributed by atoms with Crippen LogP contribution in [0.4, 0.5) is 16.2 Å². The number of urea groups is 1. The Morgan fingerprint density at radius 1 is 1.60 bits per heavy atom. The molecule has 0 radical (unpaired) electrons. The van der Waals surface area contributed by atoms with Gasteiger partial charge in [-0.05, 0) is 12.1 Å². The SMILES string of the molecule is COc1ccc(NC(N)=O)c([N+](=O)[O-])c1. The molecule has 0 aliphatic rings. The summed E-state index contributed by atoms with van der Waals surface area (Å²) in [7, 11) is 1.39. The number of nitro benzene ring substituents is 1. The van der Waals surface area contributed by atoms with Gasteiger partial charge in [0.05, 0.1) is 18.1 Å². The zero-order valence-corrected chi connectivity index (χ0v) is 7.89. The summed E-state index contributed by atoms with van der Waals surface area (Å²) in [4.78, 5) is 20.6. The monoisotopic (exact) mass is 211 g/mol. The smallest absolute Gasteiger partial charge is 0.316 e. The lowest BCUT2D eigenvalue weighted by Gasteiger charge is -2.04. The molecular formula is C8H9N3O4. The molecule has 0 aromatic heterocycles. The van der Waals surface area contributed by atoms with Crippen molar-refractivity contribution in [1.29, 1.82) is 0 Å². The Morgan fingerprint density at radius 3 is 2.73 bits per heavy atom. The predicted octanol–water partition coefficient (Wildman–Crippen LogP) is 1.09. The Hall–Kier alpha value is -2.31. The van der Waals surface area contributed by atoms with E-state index in [9.17, 15) is 14.9 Å². The Labute approximate surface area is 85.0 Å². The van der Waals surface area contributed by atoms with Gasteiger partial charge in [-0.1, -0.05) is 0 Å². The van der Waals surface area contributed by atoms with Crippen molar-refractivity contribution in [2.24, 2.45) is 5.73 Å². The Bertz CT molecular complexity index is 405. The summed E-state index contributed by atoms with van der Waals surface area (Å²) in [5.41, 5.74) is 4.63. The average Bonchev–Trinajstić information content (AvgIpc) is 2.17. The van der Waals surface area contributed by atoms with Gasteiger partial charge >= 0.3 is 6.03 Å². The summed E-state index contributed by atoms with van der Waals surface area (Å²) in [5.74, 6) is 0.330. The number of nitrogens with one attached hydrogen (secondary N) is 1. The quantitative estimate of drug-likeness (QED) is 0.576. The van der Waals surface area contributed by atoms with E-state index in [0.29, 0.717) is 5.75 Å². The predicted molar refractivity (Wildman–Crippen MR) is 52.9 cm³/mol. The van der Waals surface area contributed by atoms with Crippen molar-refractivity contribution < 1.29 is 14.5 Å². The molecule has 0 aliphatic heterocycles. The summed E-state index contributed by atoms with van der Waals surface area (Å²) in [5, 5.41) is 12.8. The maximum absolute atomic E-state index is 10.6. The third-order valence-corrected chi connectivity index (χ3v) is 1.66. The summed E-state index contributed by atoms with van der Waals surface area (Å²) in [6.45, 7) is 0. The van der Waals surface area contributed by atoms with Crippen LogP contribution in [0.1, 0.15) is 0 Å². The molecule has 0 saturated carbocycles. The number of hydrogen-bond acceptors (Lipinski definition) is 4. The first kappa shape index (κ1) is 10.8. The van der Waals surface area contributed by atoms with Crippen LogP contribution < -0.4 is 15.8 Å². The number of rotatable bonds is 3. The van der Waals surface area contributed by atoms with Crippen LogP contribution in [0.3, 0.4) is 0 Å². The Kier molecular flexibility index (Phi) is 3.06. The maximum Gasteiger partial charge on any atom is 0.316 e. The highest BCUT2D eigenvalue weighted by Crippen LogP contribution is 2.28. The number of nitrogens with zero attached hydrogens (tertiary/aromatic N) is 1. The van der Waals surface area contributed by atoms with E-state index in [4.69, 9.17) is 10.5 Å². The number of carbonyl (C=O) groups is 1. The van der Waals surface area contributed by atoms with Gasteiger partial charge in [0.15, 0.2) is 0 Å². The first-order valence-corrected chi connectivity index (χ1v) is 3.93. The van der Waals surface area contributed by atoms with E-state index in [0.717, 1.165) is 0 Å². The van der Waals surface area contributed by atoms with Gasteiger partial charge in [-0.15, -0.1) is 0 Å². The largest absolute Gasteiger partial charge is 0.496 e. The first-order chi connectivity index (χ1) is 7.04. The molecule has 0 atom stereocenters. The summed E-state index contributed by atoms with van der Waals surface area (Å²) >= 11 is 0. The number of primary amides is 1. The fraction of sp³-hybridized carbons (Fsp3) is 0.125. The standard InChI is InChI=1S/C8H9N3O4/c1-15-5-2-3-6(10-8(9)12)7(4-5)11(13)14/h2-4H,1H3,(H3,9,10,12). The molecule has 1 rings (SSSR count). The normalized spacial score (nSPS) is 9.40. The average molecular weight is 211 g/mol. The highest BCUT2D eigenvalue weighted by Gasteiger charge is 2.15. The number of ether oxygens (including phenoxy) is 1. The van der Waals surface area contributed by atoms with Crippen LogP contribution >= 0.6 is 0 Å². The third-order valence-electron chi connectivity index (χ3n) is 1.66. The second-order valence-electron chi connectivity index (χ2n) is 2.63. The molecule has 0 spiro atoms. The second-order valence-corrected chi connectivity index (χ2v) is 2.63. The van der Waals surface area contributed by atoms with Gasteiger partial charge in [-0.2, -0.15) is 0 Å². The molecule has 1 aromatic carbocycles. The summed E-state index contributed by atoms with van der Waals surface area (Å²) in [6, 6.07) is 3.17. The van der Waals surface area contributed by atoms with E-state index >= 15 is 0 Å². The highest BCUT2D eigenvalue weighted by atomic mass is 16.6. The van der Waals surface area contributed by atoms with Crippen molar-refractivity contribution in [3.05, 3.63) is 28.3 Å². The van der Waals surface area contributed by atoms with Crippen LogP contribution in [-0.4, -0.2) is 18.1 Å². The maximum atomic E-state index is 10.6. The zero-order valence-electron chi connectivity index (χ0n) is 7.89. The van der Waals surface area contributed by atoms with Gasteiger partial charge in [0.2, 0.25) is 0 Å². The number of nitro groups is 1. The molecule has 1 aromatic rings. The number of hydrogen-bond donors (Lipinski definition) is 2. The molecule has 0 unspecified atom stereocenters. The van der Waals surface area contributed by atoms with Gasteiger partial charge < -0.3 is 15.8 Å². The number of anilines is 1. The molecule has 0 aliphatic carbocycles. The zero-order chi connectivity index (χ0) is 11.4. The van der Waals surface area contributed by atoms with Gasteiger partial charge in [0.1, 0.15) is 11.4 Å². The minimum Gasteiger partial charge on any atom is -0.496 e. The van der Waals surface area contributed by atoms with E-state index < -0.39 is 11.0 Å². The van der Waals surface area contributed by atoms with Crippen molar-refractivity contribution in [3.63, 3.8) is 0 Å². The van der Waals surface area contributed by atoms with Crippen LogP contribution in [0, 0.1) is 10.1 Å². The van der Waals surface area contributed by atoms with Crippen molar-refractivity contribution in [2.45, 2.75) is 0 Å². The van der Waals surface area contributed by atoms with Crippen molar-refractivity contribution in [2.75, 3.05) is 12.4 Å². The molecule has 0 fully saturated rings. The molecule has 7 heteroatoms. The molecule has 0 heterocycles. The second kappa shape index (κ2) is 4.27. The molecule has 80 valence electrons. The van der Waals surface area contributed by atoms with Crippen molar-refractivity contribution in [3.8, 4) is 5.75 Å². The number of benzene rings is 1. The van der Waals surface area contributed by atoms with Crippen LogP contribution in [0.5, 0.6) is 5.75 Å². The lowest BCUT2D eigenvalue weighted by Crippen LogP contribution is -2.19. The molecule has 15 heavy (non-hydrogen) atoms. The Balaban J connectivity index is 3.15. The minimum absolute atomic E-state index is 0.0355. The third kappa shape index (κ3) is 2.56. The van der Waals surface area contributed by atoms with Crippen LogP contribution in [-0.2, 0) is 0 Å². The van der Waals surface area contributed by atoms with Crippen molar-refractivity contribution >= 4 is 17.4 Å². The van der Waals surface area contributed by atoms with Crippen molar-refractivity contribution in [1.82, 2.24) is 0 Å². The molecule has 3 N–H and O–H groups in total. The molecule has 7 nitrogen and oxygen atoms in total. The first-order valence-electron chi connectivity index (χ1n) is 3.93. The van der Waals surface area contributed by atoms with Gasteiger partial charge in [0, 0.05) is 0 Å². The topological polar surface area (TPSA) is 107 Å². The van der Waals surface area contributed by atoms with Gasteiger partial charge in [-0.25, -0.2) is 4.79 Å². The number of carbonyl (C=O) groups excluding carboxylic acids is 1. The number of methoxy groups -OCH3 is 1. The molecule has 2 amide bonds. The van der Waals surface area contributed by atoms with Crippen LogP contribution in [0.2, 0.25) is 0 Å². The fourth-order valence-corrected chi connectivity index (χ4v) is 1.03. The van der Waals surface area contributed by atoms with E-state index in [1.807, 2.05) is 0 Å².